The molecule has 1 aliphatic heterocycles. The van der Waals surface area contributed by atoms with E-state index >= 15 is 0 Å². The first-order chi connectivity index (χ1) is 16.1. The van der Waals surface area contributed by atoms with Gasteiger partial charge in [0.05, 0.1) is 0 Å². The molecule has 6 nitrogen and oxygen atoms in total. The molecule has 5 rings (SSSR count). The number of hydrogen-bond donors (Lipinski definition) is 0. The Morgan fingerprint density at radius 2 is 1.48 bits per heavy atom. The third kappa shape index (κ3) is 4.45. The molecule has 0 saturated carbocycles. The van der Waals surface area contributed by atoms with Gasteiger partial charge in [0.15, 0.2) is 0 Å². The van der Waals surface area contributed by atoms with Crippen LogP contribution < -0.4 is 4.90 Å². The number of rotatable bonds is 4. The summed E-state index contributed by atoms with van der Waals surface area (Å²) in [5, 5.41) is 3.97. The van der Waals surface area contributed by atoms with Gasteiger partial charge >= 0.3 is 0 Å². The number of carbonyl (C=O) groups is 1. The third-order valence-electron chi connectivity index (χ3n) is 5.64. The van der Waals surface area contributed by atoms with E-state index in [9.17, 15) is 13.6 Å². The third-order valence-corrected chi connectivity index (χ3v) is 5.64. The standard InChI is InChI=1S/C25H20F2N4O2/c26-20-6-4-17(5-7-20)23-28-24(33-29-23)18-2-1-3-19(16-18)25(32)31-14-12-30(13-15-31)22-10-8-21(27)9-11-22/h1-11,16H,12-15H2. The quantitative estimate of drug-likeness (QED) is 0.457. The van der Waals surface area contributed by atoms with Gasteiger partial charge in [-0.15, -0.1) is 0 Å². The number of benzene rings is 3. The maximum atomic E-state index is 13.2. The van der Waals surface area contributed by atoms with E-state index < -0.39 is 0 Å². The van der Waals surface area contributed by atoms with Crippen LogP contribution in [0.2, 0.25) is 0 Å². The summed E-state index contributed by atoms with van der Waals surface area (Å²) < 4.78 is 31.7. The van der Waals surface area contributed by atoms with Gasteiger partial charge < -0.3 is 14.3 Å². The van der Waals surface area contributed by atoms with Crippen molar-refractivity contribution in [2.45, 2.75) is 0 Å². The van der Waals surface area contributed by atoms with E-state index in [4.69, 9.17) is 4.52 Å². The van der Waals surface area contributed by atoms with Gasteiger partial charge in [-0.25, -0.2) is 8.78 Å². The lowest BCUT2D eigenvalue weighted by Gasteiger charge is -2.36. The summed E-state index contributed by atoms with van der Waals surface area (Å²) in [5.74, 6) is -0.0525. The summed E-state index contributed by atoms with van der Waals surface area (Å²) in [6.07, 6.45) is 0. The maximum absolute atomic E-state index is 13.2. The summed E-state index contributed by atoms with van der Waals surface area (Å²) >= 11 is 0. The molecule has 0 radical (unpaired) electrons. The fourth-order valence-corrected chi connectivity index (χ4v) is 3.84. The first kappa shape index (κ1) is 20.8. The van der Waals surface area contributed by atoms with Crippen molar-refractivity contribution in [2.24, 2.45) is 0 Å². The van der Waals surface area contributed by atoms with Gasteiger partial charge in [0.1, 0.15) is 11.6 Å². The number of anilines is 1. The zero-order valence-electron chi connectivity index (χ0n) is 17.6. The van der Waals surface area contributed by atoms with E-state index in [0.29, 0.717) is 48.7 Å². The van der Waals surface area contributed by atoms with Crippen molar-refractivity contribution in [1.29, 1.82) is 0 Å². The highest BCUT2D eigenvalue weighted by Crippen LogP contribution is 2.24. The van der Waals surface area contributed by atoms with Gasteiger partial charge in [-0.3, -0.25) is 4.79 Å². The fraction of sp³-hybridized carbons (Fsp3) is 0.160. The fourth-order valence-electron chi connectivity index (χ4n) is 3.84. The van der Waals surface area contributed by atoms with Crippen molar-refractivity contribution in [1.82, 2.24) is 15.0 Å². The molecule has 166 valence electrons. The van der Waals surface area contributed by atoms with Gasteiger partial charge in [-0.2, -0.15) is 4.98 Å². The topological polar surface area (TPSA) is 62.5 Å². The highest BCUT2D eigenvalue weighted by Gasteiger charge is 2.23. The molecule has 0 unspecified atom stereocenters. The molecule has 33 heavy (non-hydrogen) atoms. The normalized spacial score (nSPS) is 13.9. The Morgan fingerprint density at radius 1 is 0.818 bits per heavy atom. The van der Waals surface area contributed by atoms with Crippen LogP contribution in [0.25, 0.3) is 22.8 Å². The van der Waals surface area contributed by atoms with E-state index in [1.54, 1.807) is 53.4 Å². The Hall–Kier alpha value is -4.07. The van der Waals surface area contributed by atoms with Crippen LogP contribution in [0.1, 0.15) is 10.4 Å². The van der Waals surface area contributed by atoms with Gasteiger partial charge in [-0.1, -0.05) is 11.2 Å². The molecular weight excluding hydrogens is 426 g/mol. The number of nitrogens with zero attached hydrogens (tertiary/aromatic N) is 4. The molecule has 4 aromatic rings. The zero-order valence-corrected chi connectivity index (χ0v) is 17.6. The van der Waals surface area contributed by atoms with Crippen LogP contribution >= 0.6 is 0 Å². The van der Waals surface area contributed by atoms with E-state index in [2.05, 4.69) is 15.0 Å². The lowest BCUT2D eigenvalue weighted by molar-refractivity contribution is 0.0747. The summed E-state index contributed by atoms with van der Waals surface area (Å²) in [4.78, 5) is 21.4. The lowest BCUT2D eigenvalue weighted by atomic mass is 10.1. The first-order valence-electron chi connectivity index (χ1n) is 10.6. The predicted molar refractivity (Wildman–Crippen MR) is 120 cm³/mol. The second-order valence-corrected chi connectivity index (χ2v) is 7.77. The number of hydrogen-bond acceptors (Lipinski definition) is 5. The van der Waals surface area contributed by atoms with E-state index in [-0.39, 0.29) is 23.4 Å². The molecule has 2 heterocycles. The number of halogens is 2. The SMILES string of the molecule is O=C(c1cccc(-c2nc(-c3ccc(F)cc3)no2)c1)N1CCN(c2ccc(F)cc2)CC1. The smallest absolute Gasteiger partial charge is 0.258 e. The molecule has 0 atom stereocenters. The van der Waals surface area contributed by atoms with Crippen LogP contribution in [0.5, 0.6) is 0 Å². The molecule has 3 aromatic carbocycles. The second-order valence-electron chi connectivity index (χ2n) is 7.77. The summed E-state index contributed by atoms with van der Waals surface area (Å²) in [6.45, 7) is 2.47. The van der Waals surface area contributed by atoms with Gasteiger partial charge in [0, 0.05) is 48.6 Å². The molecule has 0 N–H and O–H groups in total. The molecule has 1 saturated heterocycles. The van der Waals surface area contributed by atoms with Crippen molar-refractivity contribution < 1.29 is 18.1 Å². The molecule has 1 fully saturated rings. The minimum atomic E-state index is -0.341. The maximum Gasteiger partial charge on any atom is 0.258 e. The molecule has 0 bridgehead atoms. The van der Waals surface area contributed by atoms with Crippen LogP contribution in [0.15, 0.2) is 77.3 Å². The van der Waals surface area contributed by atoms with Crippen LogP contribution in [0, 0.1) is 11.6 Å². The molecule has 1 amide bonds. The van der Waals surface area contributed by atoms with Gasteiger partial charge in [-0.05, 0) is 66.7 Å². The summed E-state index contributed by atoms with van der Waals surface area (Å²) in [6, 6.07) is 19.3. The summed E-state index contributed by atoms with van der Waals surface area (Å²) in [7, 11) is 0. The largest absolute Gasteiger partial charge is 0.368 e. The summed E-state index contributed by atoms with van der Waals surface area (Å²) in [5.41, 5.74) is 2.74. The van der Waals surface area contributed by atoms with Crippen LogP contribution in [-0.4, -0.2) is 47.1 Å². The predicted octanol–water partition coefficient (Wildman–Crippen LogP) is 4.64. The van der Waals surface area contributed by atoms with Crippen molar-refractivity contribution in [2.75, 3.05) is 31.1 Å². The zero-order chi connectivity index (χ0) is 22.8. The van der Waals surface area contributed by atoms with E-state index in [1.807, 2.05) is 0 Å². The van der Waals surface area contributed by atoms with Crippen molar-refractivity contribution in [3.8, 4) is 22.8 Å². The monoisotopic (exact) mass is 446 g/mol. The Morgan fingerprint density at radius 3 is 2.18 bits per heavy atom. The second kappa shape index (κ2) is 8.82. The molecule has 0 spiro atoms. The molecule has 8 heteroatoms. The molecule has 1 aromatic heterocycles. The van der Waals surface area contributed by atoms with Gasteiger partial charge in [0.2, 0.25) is 5.82 Å². The molecule has 1 aliphatic rings. The highest BCUT2D eigenvalue weighted by atomic mass is 19.1. The van der Waals surface area contributed by atoms with Crippen LogP contribution in [0.4, 0.5) is 14.5 Å². The molecule has 0 aliphatic carbocycles. The highest BCUT2D eigenvalue weighted by molar-refractivity contribution is 5.95. The van der Waals surface area contributed by atoms with Crippen molar-refractivity contribution in [3.63, 3.8) is 0 Å². The lowest BCUT2D eigenvalue weighted by Crippen LogP contribution is -2.48. The Balaban J connectivity index is 1.28. The Bertz CT molecular complexity index is 1260. The minimum absolute atomic E-state index is 0.0751. The van der Waals surface area contributed by atoms with E-state index in [0.717, 1.165) is 5.69 Å². The average Bonchev–Trinajstić information content (AvgIpc) is 3.35. The van der Waals surface area contributed by atoms with Crippen molar-refractivity contribution in [3.05, 3.63) is 90.0 Å². The Labute approximate surface area is 189 Å². The number of aromatic nitrogens is 2. The number of amides is 1. The number of piperazine rings is 1. The van der Waals surface area contributed by atoms with Crippen LogP contribution in [0.3, 0.4) is 0 Å². The molecular formula is C25H20F2N4O2. The van der Waals surface area contributed by atoms with Crippen LogP contribution in [-0.2, 0) is 0 Å². The van der Waals surface area contributed by atoms with Crippen molar-refractivity contribution >= 4 is 11.6 Å². The average molecular weight is 446 g/mol. The minimum Gasteiger partial charge on any atom is -0.368 e. The first-order valence-corrected chi connectivity index (χ1v) is 10.6. The Kier molecular flexibility index (Phi) is 5.56. The number of carbonyl (C=O) groups excluding carboxylic acids is 1. The van der Waals surface area contributed by atoms with E-state index in [1.165, 1.54) is 24.3 Å². The van der Waals surface area contributed by atoms with Gasteiger partial charge in [0.25, 0.3) is 11.8 Å².